The Morgan fingerprint density at radius 1 is 1.12 bits per heavy atom. The molecule has 1 atom stereocenters. The van der Waals surface area contributed by atoms with E-state index in [0.29, 0.717) is 0 Å². The normalized spacial score (nSPS) is 12.5. The zero-order valence-electron chi connectivity index (χ0n) is 11.4. The average Bonchev–Trinajstić information content (AvgIpc) is 2.29. The van der Waals surface area contributed by atoms with E-state index in [1.54, 1.807) is 0 Å². The largest absolute Gasteiger partial charge is 0.371 e. The predicted molar refractivity (Wildman–Crippen MR) is 76.6 cm³/mol. The van der Waals surface area contributed by atoms with Gasteiger partial charge in [0.25, 0.3) is 0 Å². The summed E-state index contributed by atoms with van der Waals surface area (Å²) < 4.78 is 0. The number of rotatable bonds is 7. The molecule has 0 saturated carbocycles. The first kappa shape index (κ1) is 14.0. The summed E-state index contributed by atoms with van der Waals surface area (Å²) in [5, 5.41) is 0. The Hall–Kier alpha value is -1.02. The molecule has 0 bridgehead atoms. The van der Waals surface area contributed by atoms with Crippen LogP contribution in [0.2, 0.25) is 0 Å². The molecule has 0 aliphatic carbocycles. The third-order valence-electron chi connectivity index (χ3n) is 2.86. The molecule has 0 aliphatic heterocycles. The number of para-hydroxylation sites is 1. The van der Waals surface area contributed by atoms with Crippen LogP contribution >= 0.6 is 0 Å². The Kier molecular flexibility index (Phi) is 6.06. The number of anilines is 1. The lowest BCUT2D eigenvalue weighted by molar-refractivity contribution is 0.713. The van der Waals surface area contributed by atoms with Gasteiger partial charge in [-0.15, -0.1) is 0 Å². The Labute approximate surface area is 106 Å². The van der Waals surface area contributed by atoms with Gasteiger partial charge in [0.1, 0.15) is 0 Å². The maximum Gasteiger partial charge on any atom is 0.0399 e. The molecule has 2 nitrogen and oxygen atoms in total. The van der Waals surface area contributed by atoms with Crippen molar-refractivity contribution in [2.24, 2.45) is 5.73 Å². The fraction of sp³-hybridized carbons (Fsp3) is 0.600. The van der Waals surface area contributed by atoms with Gasteiger partial charge < -0.3 is 10.6 Å². The van der Waals surface area contributed by atoms with Gasteiger partial charge >= 0.3 is 0 Å². The van der Waals surface area contributed by atoms with Gasteiger partial charge in [0.05, 0.1) is 0 Å². The molecule has 1 aromatic rings. The highest BCUT2D eigenvalue weighted by atomic mass is 15.1. The first-order chi connectivity index (χ1) is 8.19. The standard InChI is InChI=1S/C15H26N2/c1-4-10-17(11-5-2)15-9-7-6-8-14(15)12-13(3)16/h6-9,13H,4-5,10-12,16H2,1-3H3. The van der Waals surface area contributed by atoms with Crippen molar-refractivity contribution in [3.63, 3.8) is 0 Å². The third kappa shape index (κ3) is 4.39. The summed E-state index contributed by atoms with van der Waals surface area (Å²) in [6.07, 6.45) is 3.33. The Balaban J connectivity index is 2.91. The zero-order chi connectivity index (χ0) is 12.7. The van der Waals surface area contributed by atoms with Crippen LogP contribution in [0, 0.1) is 0 Å². The number of hydrogen-bond donors (Lipinski definition) is 1. The molecule has 0 aliphatic rings. The maximum absolute atomic E-state index is 5.92. The molecule has 1 aromatic carbocycles. The summed E-state index contributed by atoms with van der Waals surface area (Å²) in [5.41, 5.74) is 8.67. The van der Waals surface area contributed by atoms with Crippen LogP contribution in [-0.4, -0.2) is 19.1 Å². The molecule has 1 unspecified atom stereocenters. The van der Waals surface area contributed by atoms with Crippen LogP contribution in [0.3, 0.4) is 0 Å². The summed E-state index contributed by atoms with van der Waals surface area (Å²) in [5.74, 6) is 0. The third-order valence-corrected chi connectivity index (χ3v) is 2.86. The molecule has 0 amide bonds. The minimum Gasteiger partial charge on any atom is -0.371 e. The summed E-state index contributed by atoms with van der Waals surface area (Å²) in [7, 11) is 0. The van der Waals surface area contributed by atoms with E-state index in [1.807, 2.05) is 0 Å². The van der Waals surface area contributed by atoms with Crippen molar-refractivity contribution in [3.8, 4) is 0 Å². The van der Waals surface area contributed by atoms with Crippen LogP contribution in [0.1, 0.15) is 39.2 Å². The lowest BCUT2D eigenvalue weighted by atomic mass is 10.0. The van der Waals surface area contributed by atoms with E-state index < -0.39 is 0 Å². The highest BCUT2D eigenvalue weighted by Gasteiger charge is 2.10. The highest BCUT2D eigenvalue weighted by molar-refractivity contribution is 5.53. The van der Waals surface area contributed by atoms with Crippen LogP contribution in [0.25, 0.3) is 0 Å². The average molecular weight is 234 g/mol. The molecule has 2 N–H and O–H groups in total. The molecule has 0 radical (unpaired) electrons. The minimum atomic E-state index is 0.223. The van der Waals surface area contributed by atoms with Crippen molar-refractivity contribution in [2.45, 2.75) is 46.1 Å². The van der Waals surface area contributed by atoms with Crippen LogP contribution in [-0.2, 0) is 6.42 Å². The topological polar surface area (TPSA) is 29.3 Å². The molecule has 0 fully saturated rings. The summed E-state index contributed by atoms with van der Waals surface area (Å²) in [4.78, 5) is 2.48. The second-order valence-corrected chi connectivity index (χ2v) is 4.80. The molecule has 96 valence electrons. The Morgan fingerprint density at radius 2 is 1.71 bits per heavy atom. The minimum absolute atomic E-state index is 0.223. The van der Waals surface area contributed by atoms with Gasteiger partial charge in [-0.05, 0) is 37.8 Å². The summed E-state index contributed by atoms with van der Waals surface area (Å²) in [6, 6.07) is 8.89. The fourth-order valence-electron chi connectivity index (χ4n) is 2.23. The van der Waals surface area contributed by atoms with E-state index in [2.05, 4.69) is 49.9 Å². The zero-order valence-corrected chi connectivity index (χ0v) is 11.4. The van der Waals surface area contributed by atoms with E-state index in [4.69, 9.17) is 5.73 Å². The Morgan fingerprint density at radius 3 is 2.24 bits per heavy atom. The first-order valence-corrected chi connectivity index (χ1v) is 6.77. The van der Waals surface area contributed by atoms with Gasteiger partial charge in [-0.1, -0.05) is 32.0 Å². The number of nitrogens with zero attached hydrogens (tertiary/aromatic N) is 1. The molecular formula is C15H26N2. The van der Waals surface area contributed by atoms with Crippen LogP contribution in [0.5, 0.6) is 0 Å². The Bertz CT molecular complexity index is 314. The van der Waals surface area contributed by atoms with Gasteiger partial charge in [0.15, 0.2) is 0 Å². The molecule has 2 heteroatoms. The molecule has 17 heavy (non-hydrogen) atoms. The van der Waals surface area contributed by atoms with Crippen molar-refractivity contribution in [1.29, 1.82) is 0 Å². The molecule has 1 rings (SSSR count). The summed E-state index contributed by atoms with van der Waals surface area (Å²) >= 11 is 0. The van der Waals surface area contributed by atoms with E-state index in [0.717, 1.165) is 19.5 Å². The quantitative estimate of drug-likeness (QED) is 0.785. The fourth-order valence-corrected chi connectivity index (χ4v) is 2.23. The van der Waals surface area contributed by atoms with E-state index >= 15 is 0 Å². The second-order valence-electron chi connectivity index (χ2n) is 4.80. The van der Waals surface area contributed by atoms with Crippen LogP contribution < -0.4 is 10.6 Å². The lowest BCUT2D eigenvalue weighted by Gasteiger charge is -2.27. The second kappa shape index (κ2) is 7.33. The highest BCUT2D eigenvalue weighted by Crippen LogP contribution is 2.22. The van der Waals surface area contributed by atoms with E-state index in [9.17, 15) is 0 Å². The predicted octanol–water partition coefficient (Wildman–Crippen LogP) is 3.20. The van der Waals surface area contributed by atoms with Crippen LogP contribution in [0.15, 0.2) is 24.3 Å². The molecule has 0 saturated heterocycles. The van der Waals surface area contributed by atoms with Gasteiger partial charge in [0.2, 0.25) is 0 Å². The van der Waals surface area contributed by atoms with E-state index in [-0.39, 0.29) is 6.04 Å². The summed E-state index contributed by atoms with van der Waals surface area (Å²) in [6.45, 7) is 8.79. The smallest absolute Gasteiger partial charge is 0.0399 e. The molecule has 0 heterocycles. The number of hydrogen-bond acceptors (Lipinski definition) is 2. The first-order valence-electron chi connectivity index (χ1n) is 6.77. The van der Waals surface area contributed by atoms with Gasteiger partial charge in [-0.3, -0.25) is 0 Å². The lowest BCUT2D eigenvalue weighted by Crippen LogP contribution is -2.27. The van der Waals surface area contributed by atoms with E-state index in [1.165, 1.54) is 24.1 Å². The SMILES string of the molecule is CCCN(CCC)c1ccccc1CC(C)N. The van der Waals surface area contributed by atoms with Gasteiger partial charge in [-0.25, -0.2) is 0 Å². The molecular weight excluding hydrogens is 208 g/mol. The molecule has 0 spiro atoms. The maximum atomic E-state index is 5.92. The van der Waals surface area contributed by atoms with Gasteiger partial charge in [-0.2, -0.15) is 0 Å². The van der Waals surface area contributed by atoms with Crippen molar-refractivity contribution in [3.05, 3.63) is 29.8 Å². The van der Waals surface area contributed by atoms with Crippen LogP contribution in [0.4, 0.5) is 5.69 Å². The van der Waals surface area contributed by atoms with Crippen molar-refractivity contribution in [1.82, 2.24) is 0 Å². The van der Waals surface area contributed by atoms with Crippen molar-refractivity contribution < 1.29 is 0 Å². The molecule has 0 aromatic heterocycles. The number of nitrogens with two attached hydrogens (primary N) is 1. The van der Waals surface area contributed by atoms with Crippen molar-refractivity contribution in [2.75, 3.05) is 18.0 Å². The monoisotopic (exact) mass is 234 g/mol. The number of benzene rings is 1. The van der Waals surface area contributed by atoms with Crippen molar-refractivity contribution >= 4 is 5.69 Å². The van der Waals surface area contributed by atoms with Gasteiger partial charge in [0, 0.05) is 24.8 Å².